The monoisotopic (exact) mass is 376 g/mol. The number of nitrogens with zero attached hydrogens (tertiary/aromatic N) is 2. The molecule has 1 fully saturated rings. The van der Waals surface area contributed by atoms with E-state index in [-0.39, 0.29) is 11.9 Å². The van der Waals surface area contributed by atoms with Gasteiger partial charge in [-0.15, -0.1) is 16.9 Å². The third kappa shape index (κ3) is 4.56. The summed E-state index contributed by atoms with van der Waals surface area (Å²) in [6.07, 6.45) is 1.95. The van der Waals surface area contributed by atoms with Gasteiger partial charge in [-0.25, -0.2) is 0 Å². The molecule has 1 amide bonds. The maximum Gasteiger partial charge on any atom is 0.249 e. The standard InChI is InChI=1S/C18H24N4O3S/c1-18(2,26-14-7-9-25-10-8-14)16(23)20-17-19-15(21-22-17)12-5-4-6-13(11-12)24-3/h4-6,11,14H,7-10H2,1-3H3,(H2,19,20,21,22,23). The molecule has 1 aromatic carbocycles. The fourth-order valence-corrected chi connectivity index (χ4v) is 4.15. The Morgan fingerprint density at radius 2 is 2.15 bits per heavy atom. The molecule has 0 spiro atoms. The fourth-order valence-electron chi connectivity index (χ4n) is 2.73. The van der Waals surface area contributed by atoms with Gasteiger partial charge in [-0.1, -0.05) is 12.1 Å². The largest absolute Gasteiger partial charge is 0.497 e. The number of carbonyl (C=O) groups is 1. The minimum Gasteiger partial charge on any atom is -0.497 e. The first-order valence-electron chi connectivity index (χ1n) is 8.62. The van der Waals surface area contributed by atoms with Crippen molar-refractivity contribution in [3.63, 3.8) is 0 Å². The van der Waals surface area contributed by atoms with E-state index < -0.39 is 4.75 Å². The van der Waals surface area contributed by atoms with Gasteiger partial charge in [0.05, 0.1) is 11.9 Å². The summed E-state index contributed by atoms with van der Waals surface area (Å²) in [7, 11) is 1.61. The topological polar surface area (TPSA) is 89.1 Å². The Balaban J connectivity index is 1.64. The van der Waals surface area contributed by atoms with Crippen molar-refractivity contribution in [3.05, 3.63) is 24.3 Å². The molecule has 0 atom stereocenters. The second kappa shape index (κ2) is 8.09. The zero-order valence-corrected chi connectivity index (χ0v) is 16.1. The quantitative estimate of drug-likeness (QED) is 0.805. The maximum absolute atomic E-state index is 12.7. The molecule has 3 rings (SSSR count). The molecule has 0 saturated carbocycles. The molecule has 1 aliphatic heterocycles. The molecule has 1 saturated heterocycles. The van der Waals surface area contributed by atoms with Crippen LogP contribution in [0.25, 0.3) is 11.4 Å². The van der Waals surface area contributed by atoms with E-state index in [2.05, 4.69) is 20.5 Å². The van der Waals surface area contributed by atoms with E-state index in [0.29, 0.717) is 11.1 Å². The van der Waals surface area contributed by atoms with Crippen LogP contribution in [-0.4, -0.2) is 51.4 Å². The van der Waals surface area contributed by atoms with Crippen molar-refractivity contribution in [2.75, 3.05) is 25.6 Å². The SMILES string of the molecule is COc1cccc(-c2nc(NC(=O)C(C)(C)SC3CCOCC3)n[nH]2)c1. The van der Waals surface area contributed by atoms with Gasteiger partial charge in [-0.2, -0.15) is 4.98 Å². The van der Waals surface area contributed by atoms with Crippen LogP contribution >= 0.6 is 11.8 Å². The number of nitrogens with one attached hydrogen (secondary N) is 2. The Morgan fingerprint density at radius 3 is 2.88 bits per heavy atom. The van der Waals surface area contributed by atoms with Gasteiger partial charge in [0.15, 0.2) is 5.82 Å². The van der Waals surface area contributed by atoms with E-state index in [9.17, 15) is 4.79 Å². The van der Waals surface area contributed by atoms with Gasteiger partial charge in [-0.3, -0.25) is 15.2 Å². The summed E-state index contributed by atoms with van der Waals surface area (Å²) in [5, 5.41) is 10.2. The third-order valence-electron chi connectivity index (χ3n) is 4.23. The Hall–Kier alpha value is -2.06. The molecular formula is C18H24N4O3S. The Bertz CT molecular complexity index is 756. The van der Waals surface area contributed by atoms with Crippen LogP contribution in [0.2, 0.25) is 0 Å². The van der Waals surface area contributed by atoms with Crippen LogP contribution in [0.15, 0.2) is 24.3 Å². The first-order valence-corrected chi connectivity index (χ1v) is 9.50. The second-order valence-corrected chi connectivity index (χ2v) is 8.56. The first-order chi connectivity index (χ1) is 12.5. The molecule has 0 aliphatic carbocycles. The Morgan fingerprint density at radius 1 is 1.38 bits per heavy atom. The van der Waals surface area contributed by atoms with E-state index in [4.69, 9.17) is 9.47 Å². The summed E-state index contributed by atoms with van der Waals surface area (Å²) in [5.74, 6) is 1.48. The molecule has 140 valence electrons. The van der Waals surface area contributed by atoms with Gasteiger partial charge in [-0.05, 0) is 38.8 Å². The number of aromatic amines is 1. The van der Waals surface area contributed by atoms with Crippen LogP contribution in [-0.2, 0) is 9.53 Å². The van der Waals surface area contributed by atoms with Crippen molar-refractivity contribution in [2.24, 2.45) is 0 Å². The predicted molar refractivity (Wildman–Crippen MR) is 103 cm³/mol. The number of benzene rings is 1. The smallest absolute Gasteiger partial charge is 0.249 e. The van der Waals surface area contributed by atoms with E-state index in [1.54, 1.807) is 18.9 Å². The highest BCUT2D eigenvalue weighted by Gasteiger charge is 2.33. The number of carbonyl (C=O) groups excluding carboxylic acids is 1. The molecule has 2 heterocycles. The van der Waals surface area contributed by atoms with Crippen molar-refractivity contribution in [3.8, 4) is 17.1 Å². The number of methoxy groups -OCH3 is 1. The highest BCUT2D eigenvalue weighted by Crippen LogP contribution is 2.34. The lowest BCUT2D eigenvalue weighted by Crippen LogP contribution is -2.37. The zero-order valence-electron chi connectivity index (χ0n) is 15.2. The van der Waals surface area contributed by atoms with Crippen LogP contribution in [0.5, 0.6) is 5.75 Å². The molecule has 0 radical (unpaired) electrons. The zero-order chi connectivity index (χ0) is 18.6. The lowest BCUT2D eigenvalue weighted by Gasteiger charge is -2.30. The average Bonchev–Trinajstić information content (AvgIpc) is 3.11. The number of ether oxygens (including phenoxy) is 2. The summed E-state index contributed by atoms with van der Waals surface area (Å²) in [6.45, 7) is 5.39. The van der Waals surface area contributed by atoms with Gasteiger partial charge in [0, 0.05) is 24.0 Å². The van der Waals surface area contributed by atoms with Gasteiger partial charge >= 0.3 is 0 Å². The molecule has 7 nitrogen and oxygen atoms in total. The van der Waals surface area contributed by atoms with Gasteiger partial charge in [0.1, 0.15) is 5.75 Å². The molecule has 2 N–H and O–H groups in total. The highest BCUT2D eigenvalue weighted by atomic mass is 32.2. The number of hydrogen-bond donors (Lipinski definition) is 2. The number of thioether (sulfide) groups is 1. The third-order valence-corrected chi connectivity index (χ3v) is 5.81. The van der Waals surface area contributed by atoms with Crippen LogP contribution in [0.4, 0.5) is 5.95 Å². The summed E-state index contributed by atoms with van der Waals surface area (Å²) in [4.78, 5) is 17.0. The van der Waals surface area contributed by atoms with Crippen LogP contribution in [0.3, 0.4) is 0 Å². The maximum atomic E-state index is 12.7. The molecule has 2 aromatic rings. The van der Waals surface area contributed by atoms with Gasteiger partial charge in [0.25, 0.3) is 0 Å². The van der Waals surface area contributed by atoms with E-state index >= 15 is 0 Å². The lowest BCUT2D eigenvalue weighted by atomic mass is 10.2. The lowest BCUT2D eigenvalue weighted by molar-refractivity contribution is -0.117. The minimum atomic E-state index is -0.571. The minimum absolute atomic E-state index is 0.106. The van der Waals surface area contributed by atoms with Crippen molar-refractivity contribution < 1.29 is 14.3 Å². The summed E-state index contributed by atoms with van der Waals surface area (Å²) < 4.78 is 10.0. The van der Waals surface area contributed by atoms with Gasteiger partial charge < -0.3 is 9.47 Å². The average molecular weight is 376 g/mol. The van der Waals surface area contributed by atoms with E-state index in [0.717, 1.165) is 37.4 Å². The number of H-pyrrole nitrogens is 1. The first kappa shape index (κ1) is 18.7. The number of anilines is 1. The summed E-state index contributed by atoms with van der Waals surface area (Å²) in [6, 6.07) is 7.50. The molecule has 0 bridgehead atoms. The number of amides is 1. The van der Waals surface area contributed by atoms with Crippen molar-refractivity contribution in [1.82, 2.24) is 15.2 Å². The molecular weight excluding hydrogens is 352 g/mol. The van der Waals surface area contributed by atoms with E-state index in [1.807, 2.05) is 38.1 Å². The number of rotatable bonds is 6. The number of aromatic nitrogens is 3. The van der Waals surface area contributed by atoms with Crippen molar-refractivity contribution >= 4 is 23.6 Å². The van der Waals surface area contributed by atoms with E-state index in [1.165, 1.54) is 0 Å². The molecule has 8 heteroatoms. The fraction of sp³-hybridized carbons (Fsp3) is 0.500. The Kier molecular flexibility index (Phi) is 5.83. The van der Waals surface area contributed by atoms with Crippen LogP contribution in [0, 0.1) is 0 Å². The van der Waals surface area contributed by atoms with Gasteiger partial charge in [0.2, 0.25) is 11.9 Å². The molecule has 0 unspecified atom stereocenters. The second-order valence-electron chi connectivity index (χ2n) is 6.63. The van der Waals surface area contributed by atoms with Crippen molar-refractivity contribution in [1.29, 1.82) is 0 Å². The molecule has 1 aliphatic rings. The molecule has 26 heavy (non-hydrogen) atoms. The normalized spacial score (nSPS) is 15.7. The van der Waals surface area contributed by atoms with Crippen LogP contribution in [0.1, 0.15) is 26.7 Å². The predicted octanol–water partition coefficient (Wildman–Crippen LogP) is 3.11. The molecule has 1 aromatic heterocycles. The highest BCUT2D eigenvalue weighted by molar-refractivity contribution is 8.02. The summed E-state index contributed by atoms with van der Waals surface area (Å²) in [5.41, 5.74) is 0.841. The van der Waals surface area contributed by atoms with Crippen LogP contribution < -0.4 is 10.1 Å². The summed E-state index contributed by atoms with van der Waals surface area (Å²) >= 11 is 1.68. The number of hydrogen-bond acceptors (Lipinski definition) is 6. The Labute approximate surface area is 157 Å². The van der Waals surface area contributed by atoms with Crippen molar-refractivity contribution in [2.45, 2.75) is 36.7 Å².